The van der Waals surface area contributed by atoms with Crippen molar-refractivity contribution in [2.45, 2.75) is 19.4 Å². The fourth-order valence-electron chi connectivity index (χ4n) is 0.400. The van der Waals surface area contributed by atoms with Crippen LogP contribution in [0, 0.1) is 5.41 Å². The third-order valence-corrected chi connectivity index (χ3v) is 2.54. The third kappa shape index (κ3) is 5.49. The van der Waals surface area contributed by atoms with Crippen LogP contribution in [0.1, 0.15) is 13.3 Å². The van der Waals surface area contributed by atoms with Crippen LogP contribution in [0.5, 0.6) is 0 Å². The number of rotatable bonds is 3. The van der Waals surface area contributed by atoms with Crippen LogP contribution in [-0.2, 0) is 0 Å². The smallest absolute Gasteiger partial charge is 0.177 e. The quantitative estimate of drug-likeness (QED) is 0.207. The van der Waals surface area contributed by atoms with E-state index < -0.39 is 0 Å². The van der Waals surface area contributed by atoms with Crippen LogP contribution < -0.4 is 10.7 Å². The molecule has 0 aliphatic heterocycles. The average Bonchev–Trinajstić information content (AvgIpc) is 1.66. The number of nitrogens with two attached hydrogens (primary N) is 1. The molecule has 0 spiro atoms. The molecule has 0 aromatic heterocycles. The van der Waals surface area contributed by atoms with Gasteiger partial charge < -0.3 is 10.7 Å². The van der Waals surface area contributed by atoms with Crippen LogP contribution in [-0.4, -0.2) is 15.6 Å². The Balaban J connectivity index is 2.82. The Labute approximate surface area is 52.1 Å². The van der Waals surface area contributed by atoms with Gasteiger partial charge in [-0.2, -0.15) is 0 Å². The second kappa shape index (κ2) is 4.64. The van der Waals surface area contributed by atoms with Crippen molar-refractivity contribution in [3.8, 4) is 0 Å². The molecule has 0 saturated carbocycles. The minimum absolute atomic E-state index is 0.130. The maximum absolute atomic E-state index is 6.77. The zero-order valence-corrected chi connectivity index (χ0v) is 6.61. The van der Waals surface area contributed by atoms with E-state index in [9.17, 15) is 0 Å². The van der Waals surface area contributed by atoms with Crippen LogP contribution in [0.2, 0.25) is 6.04 Å². The molecule has 0 amide bonds. The summed E-state index contributed by atoms with van der Waals surface area (Å²) in [6.45, 7) is 2.13. The fraction of sp³-hybridized carbons (Fsp3) is 0.750. The minimum Gasteiger partial charge on any atom is -0.388 e. The van der Waals surface area contributed by atoms with Crippen LogP contribution in [0.15, 0.2) is 0 Å². The largest absolute Gasteiger partial charge is 0.388 e. The lowest BCUT2D eigenvalue weighted by molar-refractivity contribution is 1.06. The summed E-state index contributed by atoms with van der Waals surface area (Å²) in [6, 6.07) is 1.22. The number of nitrogens with one attached hydrogen (secondary N) is 2. The molecule has 48 valence electrons. The van der Waals surface area contributed by atoms with Crippen molar-refractivity contribution in [1.82, 2.24) is 4.98 Å². The molecule has 4 N–H and O–H groups in total. The molecular weight excluding hydrogens is 118 g/mol. The van der Waals surface area contributed by atoms with E-state index in [-0.39, 0.29) is 15.6 Å². The number of hydrogen-bond acceptors (Lipinski definition) is 1. The van der Waals surface area contributed by atoms with E-state index in [1.807, 2.05) is 0 Å². The van der Waals surface area contributed by atoms with E-state index in [1.54, 1.807) is 0 Å². The number of hydrogen-bond donors (Lipinski definition) is 3. The van der Waals surface area contributed by atoms with Gasteiger partial charge in [-0.25, -0.2) is 0 Å². The first-order valence-corrected chi connectivity index (χ1v) is 4.56. The number of guanidine groups is 1. The lowest BCUT2D eigenvalue weighted by atomic mass is 10.6. The lowest BCUT2D eigenvalue weighted by Gasteiger charge is -1.98. The van der Waals surface area contributed by atoms with Gasteiger partial charge in [-0.3, -0.25) is 5.41 Å². The molecule has 0 rings (SSSR count). The van der Waals surface area contributed by atoms with Crippen molar-refractivity contribution in [2.75, 3.05) is 0 Å². The van der Waals surface area contributed by atoms with E-state index in [0.29, 0.717) is 0 Å². The molecule has 0 aliphatic carbocycles. The fourth-order valence-corrected chi connectivity index (χ4v) is 1.20. The Morgan fingerprint density at radius 1 is 1.88 bits per heavy atom. The van der Waals surface area contributed by atoms with Gasteiger partial charge in [0, 0.05) is 0 Å². The molecule has 4 heteroatoms. The molecule has 3 nitrogen and oxygen atoms in total. The van der Waals surface area contributed by atoms with E-state index in [0.717, 1.165) is 0 Å². The van der Waals surface area contributed by atoms with Gasteiger partial charge in [-0.1, -0.05) is 13.3 Å². The lowest BCUT2D eigenvalue weighted by Crippen LogP contribution is -2.32. The maximum Gasteiger partial charge on any atom is 0.177 e. The summed E-state index contributed by atoms with van der Waals surface area (Å²) in [7, 11) is -0.236. The molecule has 0 unspecified atom stereocenters. The summed E-state index contributed by atoms with van der Waals surface area (Å²) in [4.78, 5) is 2.85. The highest BCUT2D eigenvalue weighted by Crippen LogP contribution is 1.80. The molecule has 0 aromatic carbocycles. The van der Waals surface area contributed by atoms with E-state index in [1.165, 1.54) is 12.5 Å². The predicted molar refractivity (Wildman–Crippen MR) is 38.7 cm³/mol. The predicted octanol–water partition coefficient (Wildman–Crippen LogP) is -0.618. The first kappa shape index (κ1) is 7.49. The van der Waals surface area contributed by atoms with Gasteiger partial charge in [0.2, 0.25) is 0 Å². The van der Waals surface area contributed by atoms with Crippen LogP contribution >= 0.6 is 0 Å². The zero-order valence-electron chi connectivity index (χ0n) is 5.20. The second-order valence-electron chi connectivity index (χ2n) is 1.69. The van der Waals surface area contributed by atoms with Crippen molar-refractivity contribution in [1.29, 1.82) is 5.41 Å². The first-order chi connectivity index (χ1) is 3.77. The van der Waals surface area contributed by atoms with Gasteiger partial charge >= 0.3 is 0 Å². The summed E-state index contributed by atoms with van der Waals surface area (Å²) < 4.78 is 0. The molecule has 0 aromatic rings. The highest BCUT2D eigenvalue weighted by molar-refractivity contribution is 6.36. The van der Waals surface area contributed by atoms with E-state index >= 15 is 0 Å². The van der Waals surface area contributed by atoms with Crippen molar-refractivity contribution in [2.24, 2.45) is 5.73 Å². The maximum atomic E-state index is 6.77. The first-order valence-electron chi connectivity index (χ1n) is 2.85. The minimum atomic E-state index is -0.236. The van der Waals surface area contributed by atoms with Crippen molar-refractivity contribution < 1.29 is 0 Å². The van der Waals surface area contributed by atoms with Gasteiger partial charge in [0.05, 0.1) is 0 Å². The van der Waals surface area contributed by atoms with Gasteiger partial charge in [-0.15, -0.1) is 0 Å². The molecule has 0 atom stereocenters. The van der Waals surface area contributed by atoms with Crippen molar-refractivity contribution in [3.63, 3.8) is 0 Å². The van der Waals surface area contributed by atoms with Gasteiger partial charge in [0.25, 0.3) is 0 Å². The average molecular weight is 131 g/mol. The molecule has 0 aliphatic rings. The van der Waals surface area contributed by atoms with Crippen LogP contribution in [0.3, 0.4) is 0 Å². The molecule has 8 heavy (non-hydrogen) atoms. The summed E-state index contributed by atoms with van der Waals surface area (Å²) in [6.07, 6.45) is 1.20. The summed E-state index contributed by atoms with van der Waals surface area (Å²) in [5.74, 6) is 0.130. The monoisotopic (exact) mass is 131 g/mol. The summed E-state index contributed by atoms with van der Waals surface area (Å²) in [5, 5.41) is 6.77. The molecule has 0 fully saturated rings. The normalized spacial score (nSPS) is 10.1. The van der Waals surface area contributed by atoms with Crippen molar-refractivity contribution in [3.05, 3.63) is 0 Å². The Kier molecular flexibility index (Phi) is 4.34. The molecule has 0 heterocycles. The van der Waals surface area contributed by atoms with E-state index in [4.69, 9.17) is 11.1 Å². The summed E-state index contributed by atoms with van der Waals surface area (Å²) >= 11 is 0. The van der Waals surface area contributed by atoms with Gasteiger partial charge in [0.1, 0.15) is 9.68 Å². The molecular formula is C4H13N3Si. The second-order valence-corrected chi connectivity index (χ2v) is 3.25. The Bertz CT molecular complexity index is 73.7. The third-order valence-electron chi connectivity index (χ3n) is 0.846. The Morgan fingerprint density at radius 2 is 2.50 bits per heavy atom. The highest BCUT2D eigenvalue weighted by atomic mass is 28.2. The van der Waals surface area contributed by atoms with Gasteiger partial charge in [-0.05, 0) is 6.04 Å². The molecule has 0 saturated heterocycles. The van der Waals surface area contributed by atoms with Crippen molar-refractivity contribution >= 4 is 15.6 Å². The standard InChI is InChI=1S/C4H13N3Si/c1-2-3-8-7-4(5)6/h2-3,8H2,1H3,(H4,5,6,7). The van der Waals surface area contributed by atoms with Gasteiger partial charge in [0.15, 0.2) is 5.96 Å². The topological polar surface area (TPSA) is 61.9 Å². The summed E-state index contributed by atoms with van der Waals surface area (Å²) in [5.41, 5.74) is 5.04. The van der Waals surface area contributed by atoms with E-state index in [2.05, 4.69) is 11.9 Å². The zero-order chi connectivity index (χ0) is 6.41. The van der Waals surface area contributed by atoms with Crippen LogP contribution in [0.4, 0.5) is 0 Å². The SMILES string of the molecule is CCC[SiH2]NC(=N)N. The molecule has 0 bridgehead atoms. The molecule has 0 radical (unpaired) electrons. The Morgan fingerprint density at radius 3 is 2.88 bits per heavy atom. The Hall–Kier alpha value is -0.513. The van der Waals surface area contributed by atoms with Crippen LogP contribution in [0.25, 0.3) is 0 Å². The highest BCUT2D eigenvalue weighted by Gasteiger charge is 1.84.